The number of aromatic nitrogens is 2. The largest absolute Gasteiger partial charge is 0.493 e. The Morgan fingerprint density at radius 3 is 2.54 bits per heavy atom. The number of anilines is 1. The minimum atomic E-state index is -1.34. The normalized spacial score (nSPS) is 16.8. The molecule has 0 radical (unpaired) electrons. The Morgan fingerprint density at radius 1 is 1.06 bits per heavy atom. The number of halogens is 1. The van der Waals surface area contributed by atoms with Crippen LogP contribution in [0.2, 0.25) is 0 Å². The number of carbonyl (C=O) groups is 1. The number of likely N-dealkylation sites (N-methyl/N-ethyl adjacent to an activating group) is 1. The molecule has 11 nitrogen and oxygen atoms in total. The Labute approximate surface area is 276 Å². The Kier molecular flexibility index (Phi) is 8.34. The third kappa shape index (κ3) is 5.66. The number of aromatic hydroxyl groups is 1. The van der Waals surface area contributed by atoms with Crippen LogP contribution < -0.4 is 15.1 Å². The lowest BCUT2D eigenvalue weighted by Gasteiger charge is -2.39. The maximum atomic E-state index is 16.0. The van der Waals surface area contributed by atoms with E-state index in [0.29, 0.717) is 43.1 Å². The van der Waals surface area contributed by atoms with E-state index in [0.717, 1.165) is 36.6 Å². The number of methoxy groups -OCH3 is 1. The molecule has 1 saturated heterocycles. The van der Waals surface area contributed by atoms with Crippen molar-refractivity contribution in [2.24, 2.45) is 10.2 Å². The van der Waals surface area contributed by atoms with Crippen LogP contribution in [-0.4, -0.2) is 70.1 Å². The van der Waals surface area contributed by atoms with Crippen molar-refractivity contribution in [3.05, 3.63) is 88.5 Å². The number of hydrogen-bond acceptors (Lipinski definition) is 8. The van der Waals surface area contributed by atoms with E-state index in [1.54, 1.807) is 4.57 Å². The minimum absolute atomic E-state index is 0.00649. The van der Waals surface area contributed by atoms with E-state index >= 15 is 4.39 Å². The van der Waals surface area contributed by atoms with Crippen LogP contribution in [0.1, 0.15) is 42.1 Å². The second-order valence-electron chi connectivity index (χ2n) is 12.6. The molecule has 2 N–H and O–H groups in total. The Morgan fingerprint density at radius 2 is 1.81 bits per heavy atom. The molecular weight excluding hydrogens is 615 g/mol. The number of fused-ring (bicyclic) bond motifs is 2. The lowest BCUT2D eigenvalue weighted by Crippen LogP contribution is -2.47. The van der Waals surface area contributed by atoms with E-state index in [1.165, 1.54) is 19.4 Å². The lowest BCUT2D eigenvalue weighted by atomic mass is 10.0. The van der Waals surface area contributed by atoms with Gasteiger partial charge in [-0.2, -0.15) is 5.11 Å². The van der Waals surface area contributed by atoms with Crippen molar-refractivity contribution >= 4 is 44.8 Å². The van der Waals surface area contributed by atoms with Gasteiger partial charge in [0.05, 0.1) is 29.2 Å². The molecule has 0 spiro atoms. The zero-order valence-corrected chi connectivity index (χ0v) is 26.8. The molecule has 1 saturated carbocycles. The third-order valence-electron chi connectivity index (χ3n) is 9.52. The van der Waals surface area contributed by atoms with Crippen molar-refractivity contribution < 1.29 is 24.1 Å². The van der Waals surface area contributed by atoms with Crippen LogP contribution in [-0.2, 0) is 6.54 Å². The summed E-state index contributed by atoms with van der Waals surface area (Å²) in [6, 6.07) is 18.3. The summed E-state index contributed by atoms with van der Waals surface area (Å²) in [6.07, 6.45) is 4.76. The number of rotatable bonds is 10. The van der Waals surface area contributed by atoms with Crippen LogP contribution >= 0.6 is 0 Å². The van der Waals surface area contributed by atoms with Gasteiger partial charge in [-0.3, -0.25) is 9.69 Å². The summed E-state index contributed by atoms with van der Waals surface area (Å²) in [4.78, 5) is 29.2. The fraction of sp³-hybridized carbons (Fsp3) is 0.333. The molecule has 48 heavy (non-hydrogen) atoms. The van der Waals surface area contributed by atoms with Gasteiger partial charge in [-0.1, -0.05) is 36.4 Å². The molecule has 2 fully saturated rings. The molecule has 7 rings (SSSR count). The maximum absolute atomic E-state index is 16.0. The second kappa shape index (κ2) is 12.8. The van der Waals surface area contributed by atoms with Gasteiger partial charge >= 0.3 is 5.97 Å². The maximum Gasteiger partial charge on any atom is 0.341 e. The average molecular weight is 653 g/mol. The highest BCUT2D eigenvalue weighted by molar-refractivity contribution is 5.97. The summed E-state index contributed by atoms with van der Waals surface area (Å²) in [5.74, 6) is -1.67. The number of azo groups is 1. The SMILES string of the molecule is COc1c(N2CCCC(N(C)CCn3c(O)c(N=Nc4ccccc4)c4ccccc43)C2)c(F)cc2c(=O)c(C(=O)O)cn(C3CC3)c12. The van der Waals surface area contributed by atoms with Gasteiger partial charge in [0.25, 0.3) is 0 Å². The molecule has 1 aliphatic heterocycles. The smallest absolute Gasteiger partial charge is 0.341 e. The fourth-order valence-electron chi connectivity index (χ4n) is 6.88. The van der Waals surface area contributed by atoms with Crippen molar-refractivity contribution in [1.29, 1.82) is 0 Å². The Hall–Kier alpha value is -5.23. The molecule has 3 aromatic carbocycles. The molecule has 12 heteroatoms. The summed E-state index contributed by atoms with van der Waals surface area (Å²) >= 11 is 0. The lowest BCUT2D eigenvalue weighted by molar-refractivity contribution is 0.0694. The third-order valence-corrected chi connectivity index (χ3v) is 9.52. The zero-order valence-electron chi connectivity index (χ0n) is 26.8. The first kappa shape index (κ1) is 31.4. The van der Waals surface area contributed by atoms with Gasteiger partial charge in [0.1, 0.15) is 11.3 Å². The predicted molar refractivity (Wildman–Crippen MR) is 182 cm³/mol. The van der Waals surface area contributed by atoms with E-state index in [-0.39, 0.29) is 40.4 Å². The first-order valence-corrected chi connectivity index (χ1v) is 16.2. The van der Waals surface area contributed by atoms with Gasteiger partial charge in [-0.25, -0.2) is 9.18 Å². The number of benzene rings is 3. The number of carboxylic acids is 1. The number of aromatic carboxylic acids is 1. The van der Waals surface area contributed by atoms with Gasteiger partial charge < -0.3 is 29.0 Å². The van der Waals surface area contributed by atoms with Crippen molar-refractivity contribution in [2.45, 2.75) is 44.3 Å². The molecule has 3 heterocycles. The number of hydrogen-bond donors (Lipinski definition) is 2. The number of piperidine rings is 1. The molecule has 5 aromatic rings. The quantitative estimate of drug-likeness (QED) is 0.158. The van der Waals surface area contributed by atoms with Gasteiger partial charge in [0.2, 0.25) is 11.3 Å². The van der Waals surface area contributed by atoms with Crippen molar-refractivity contribution in [3.8, 4) is 11.6 Å². The van der Waals surface area contributed by atoms with Crippen molar-refractivity contribution in [1.82, 2.24) is 14.0 Å². The highest BCUT2D eigenvalue weighted by atomic mass is 19.1. The molecule has 1 atom stereocenters. The molecule has 1 unspecified atom stereocenters. The number of ether oxygens (including phenoxy) is 1. The summed E-state index contributed by atoms with van der Waals surface area (Å²) in [7, 11) is 3.48. The predicted octanol–water partition coefficient (Wildman–Crippen LogP) is 6.86. The fourth-order valence-corrected chi connectivity index (χ4v) is 6.88. The number of nitrogens with zero attached hydrogens (tertiary/aromatic N) is 6. The monoisotopic (exact) mass is 652 g/mol. The summed E-state index contributed by atoms with van der Waals surface area (Å²) in [6.45, 7) is 2.22. The van der Waals surface area contributed by atoms with Crippen LogP contribution in [0.3, 0.4) is 0 Å². The van der Waals surface area contributed by atoms with E-state index in [1.807, 2.05) is 71.1 Å². The van der Waals surface area contributed by atoms with Gasteiger partial charge in [-0.15, -0.1) is 5.11 Å². The van der Waals surface area contributed by atoms with Crippen molar-refractivity contribution in [3.63, 3.8) is 0 Å². The average Bonchev–Trinajstić information content (AvgIpc) is 3.91. The molecule has 0 amide bonds. The molecule has 1 aliphatic carbocycles. The van der Waals surface area contributed by atoms with Gasteiger partial charge in [0.15, 0.2) is 17.3 Å². The number of para-hydroxylation sites is 1. The Balaban J connectivity index is 1.15. The van der Waals surface area contributed by atoms with E-state index in [4.69, 9.17) is 4.74 Å². The molecule has 0 bridgehead atoms. The minimum Gasteiger partial charge on any atom is -0.493 e. The Bertz CT molecular complexity index is 2110. The highest BCUT2D eigenvalue weighted by Gasteiger charge is 2.33. The molecule has 248 valence electrons. The number of carboxylic acid groups (broad SMARTS) is 1. The van der Waals surface area contributed by atoms with Crippen molar-refractivity contribution in [2.75, 3.05) is 38.7 Å². The first-order valence-electron chi connectivity index (χ1n) is 16.2. The second-order valence-corrected chi connectivity index (χ2v) is 12.6. The molecule has 2 aromatic heterocycles. The summed E-state index contributed by atoms with van der Waals surface area (Å²) in [5.41, 5.74) is 1.57. The van der Waals surface area contributed by atoms with Gasteiger partial charge in [0, 0.05) is 49.8 Å². The molecule has 2 aliphatic rings. The topological polar surface area (TPSA) is 125 Å². The van der Waals surface area contributed by atoms with E-state index < -0.39 is 17.2 Å². The standard InChI is InChI=1S/C36H37FN6O5/c1-40(17-18-42-29-13-7-6-12-25(29)30(35(42)45)39-38-22-9-4-3-5-10-22)24-11-8-16-41(20-24)32-28(37)19-26-31(34(32)48-2)43(23-14-15-23)21-27(33(26)44)36(46)47/h3-7,9-10,12-13,19,21,23-24,45H,8,11,14-18,20H2,1-2H3,(H,46,47). The molecular formula is C36H37FN6O5. The summed E-state index contributed by atoms with van der Waals surface area (Å²) in [5, 5.41) is 30.5. The first-order chi connectivity index (χ1) is 23.3. The van der Waals surface area contributed by atoms with E-state index in [9.17, 15) is 19.8 Å². The number of pyridine rings is 1. The van der Waals surface area contributed by atoms with Crippen LogP contribution in [0.25, 0.3) is 21.8 Å². The van der Waals surface area contributed by atoms with Crippen LogP contribution in [0.4, 0.5) is 21.5 Å². The summed E-state index contributed by atoms with van der Waals surface area (Å²) < 4.78 is 25.4. The zero-order chi connectivity index (χ0) is 33.5. The van der Waals surface area contributed by atoms with Crippen LogP contribution in [0.15, 0.2) is 81.9 Å². The highest BCUT2D eigenvalue weighted by Crippen LogP contribution is 2.44. The van der Waals surface area contributed by atoms with Gasteiger partial charge in [-0.05, 0) is 57.0 Å². The van der Waals surface area contributed by atoms with E-state index in [2.05, 4.69) is 15.1 Å². The van der Waals surface area contributed by atoms with Crippen LogP contribution in [0, 0.1) is 5.82 Å². The van der Waals surface area contributed by atoms with Crippen LogP contribution in [0.5, 0.6) is 11.6 Å².